The van der Waals surface area contributed by atoms with Crippen LogP contribution in [0.3, 0.4) is 0 Å². The van der Waals surface area contributed by atoms with Gasteiger partial charge in [-0.25, -0.2) is 4.98 Å². The van der Waals surface area contributed by atoms with Gasteiger partial charge in [0.2, 0.25) is 0 Å². The van der Waals surface area contributed by atoms with Crippen LogP contribution >= 0.6 is 35.2 Å². The molecule has 3 nitrogen and oxygen atoms in total. The van der Waals surface area contributed by atoms with Crippen molar-refractivity contribution in [2.45, 2.75) is 19.9 Å². The summed E-state index contributed by atoms with van der Waals surface area (Å²) in [6, 6.07) is 5.87. The average Bonchev–Trinajstić information content (AvgIpc) is 2.91. The van der Waals surface area contributed by atoms with Crippen molar-refractivity contribution in [3.05, 3.63) is 44.1 Å². The monoisotopic (exact) mass is 309 g/mol. The first-order chi connectivity index (χ1) is 9.06. The molecule has 2 aromatic heterocycles. The number of fused-ring (bicyclic) bond motifs is 1. The average molecular weight is 310 g/mol. The minimum absolute atomic E-state index is 0.112. The number of aromatic amines is 1. The summed E-state index contributed by atoms with van der Waals surface area (Å²) in [7, 11) is 0. The van der Waals surface area contributed by atoms with Gasteiger partial charge in [0.1, 0.15) is 5.01 Å². The Morgan fingerprint density at radius 2 is 2.26 bits per heavy atom. The van der Waals surface area contributed by atoms with Crippen LogP contribution in [0.15, 0.2) is 23.6 Å². The lowest BCUT2D eigenvalue weighted by Gasteiger charge is -2.11. The normalized spacial score (nSPS) is 13.0. The van der Waals surface area contributed by atoms with E-state index in [2.05, 4.69) is 26.8 Å². The Balaban J connectivity index is 2.19. The van der Waals surface area contributed by atoms with E-state index in [0.717, 1.165) is 21.7 Å². The summed E-state index contributed by atoms with van der Waals surface area (Å²) in [6.45, 7) is 4.11. The number of thiazole rings is 1. The summed E-state index contributed by atoms with van der Waals surface area (Å²) in [5.74, 6) is 0. The van der Waals surface area contributed by atoms with Crippen molar-refractivity contribution in [1.82, 2.24) is 14.5 Å². The Hall–Kier alpha value is -1.17. The largest absolute Gasteiger partial charge is 0.331 e. The fourth-order valence-electron chi connectivity index (χ4n) is 2.16. The van der Waals surface area contributed by atoms with Crippen molar-refractivity contribution in [1.29, 1.82) is 0 Å². The van der Waals surface area contributed by atoms with Crippen molar-refractivity contribution >= 4 is 46.2 Å². The third kappa shape index (κ3) is 2.22. The highest BCUT2D eigenvalue weighted by Gasteiger charge is 2.15. The number of halogens is 1. The van der Waals surface area contributed by atoms with Gasteiger partial charge in [-0.15, -0.1) is 11.3 Å². The third-order valence-electron chi connectivity index (χ3n) is 3.06. The van der Waals surface area contributed by atoms with E-state index in [1.807, 2.05) is 25.1 Å². The van der Waals surface area contributed by atoms with E-state index >= 15 is 0 Å². The molecule has 98 valence electrons. The van der Waals surface area contributed by atoms with E-state index in [9.17, 15) is 0 Å². The van der Waals surface area contributed by atoms with Crippen LogP contribution in [0.5, 0.6) is 0 Å². The van der Waals surface area contributed by atoms with E-state index in [1.165, 1.54) is 0 Å². The quantitative estimate of drug-likeness (QED) is 0.694. The Bertz CT molecular complexity index is 800. The maximum Gasteiger partial charge on any atom is 0.178 e. The van der Waals surface area contributed by atoms with Gasteiger partial charge in [0.15, 0.2) is 4.77 Å². The van der Waals surface area contributed by atoms with Gasteiger partial charge >= 0.3 is 0 Å². The number of nitrogens with zero attached hydrogens (tertiary/aromatic N) is 2. The van der Waals surface area contributed by atoms with Crippen molar-refractivity contribution in [2.24, 2.45) is 0 Å². The number of aryl methyl sites for hydroxylation is 1. The summed E-state index contributed by atoms with van der Waals surface area (Å²) in [5.41, 5.74) is 3.05. The molecule has 0 aliphatic heterocycles. The van der Waals surface area contributed by atoms with Gasteiger partial charge in [-0.1, -0.05) is 11.6 Å². The van der Waals surface area contributed by atoms with Gasteiger partial charge in [-0.2, -0.15) is 0 Å². The van der Waals surface area contributed by atoms with Crippen LogP contribution < -0.4 is 0 Å². The topological polar surface area (TPSA) is 33.6 Å². The molecule has 1 N–H and O–H groups in total. The van der Waals surface area contributed by atoms with Crippen LogP contribution in [-0.2, 0) is 0 Å². The van der Waals surface area contributed by atoms with Crippen molar-refractivity contribution in [2.75, 3.05) is 0 Å². The van der Waals surface area contributed by atoms with Crippen LogP contribution in [-0.4, -0.2) is 14.5 Å². The second-order valence-electron chi connectivity index (χ2n) is 4.46. The molecule has 0 saturated carbocycles. The first-order valence-corrected chi connectivity index (χ1v) is 7.54. The van der Waals surface area contributed by atoms with Gasteiger partial charge in [-0.3, -0.25) is 0 Å². The van der Waals surface area contributed by atoms with Crippen LogP contribution in [0, 0.1) is 11.7 Å². The Kier molecular flexibility index (Phi) is 3.20. The molecule has 3 rings (SSSR count). The zero-order chi connectivity index (χ0) is 13.6. The lowest BCUT2D eigenvalue weighted by atomic mass is 10.3. The molecule has 1 atom stereocenters. The molecular formula is C13H12ClN3S2. The standard InChI is InChI=1S/C13H12ClN3S2/c1-7-6-19-12(15-7)8(2)17-11-4-3-9(14)5-10(11)16-13(17)18/h3-6,8H,1-2H3,(H,16,18). The predicted molar refractivity (Wildman–Crippen MR) is 82.8 cm³/mol. The molecular weight excluding hydrogens is 298 g/mol. The fourth-order valence-corrected chi connectivity index (χ4v) is 3.54. The molecule has 19 heavy (non-hydrogen) atoms. The second-order valence-corrected chi connectivity index (χ2v) is 6.18. The second kappa shape index (κ2) is 4.74. The van der Waals surface area contributed by atoms with Gasteiger partial charge in [0.05, 0.1) is 17.1 Å². The van der Waals surface area contributed by atoms with Crippen LogP contribution in [0.1, 0.15) is 23.7 Å². The molecule has 2 heterocycles. The van der Waals surface area contributed by atoms with E-state index in [1.54, 1.807) is 11.3 Å². The van der Waals surface area contributed by atoms with E-state index < -0.39 is 0 Å². The SMILES string of the molecule is Cc1csc(C(C)n2c(=S)[nH]c3cc(Cl)ccc32)n1. The number of aromatic nitrogens is 3. The fraction of sp³-hybridized carbons (Fsp3) is 0.231. The van der Waals surface area contributed by atoms with E-state index in [0.29, 0.717) is 9.79 Å². The molecule has 0 radical (unpaired) electrons. The number of nitrogens with one attached hydrogen (secondary N) is 1. The summed E-state index contributed by atoms with van der Waals surface area (Å²) in [4.78, 5) is 7.74. The van der Waals surface area contributed by atoms with Gasteiger partial charge < -0.3 is 9.55 Å². The number of hydrogen-bond donors (Lipinski definition) is 1. The number of H-pyrrole nitrogens is 1. The molecule has 3 aromatic rings. The van der Waals surface area contributed by atoms with E-state index in [-0.39, 0.29) is 6.04 Å². The number of imidazole rings is 1. The van der Waals surface area contributed by atoms with Crippen molar-refractivity contribution in [3.8, 4) is 0 Å². The van der Waals surface area contributed by atoms with Crippen LogP contribution in [0.25, 0.3) is 11.0 Å². The summed E-state index contributed by atoms with van der Waals surface area (Å²) >= 11 is 13.1. The molecule has 0 aliphatic rings. The van der Waals surface area contributed by atoms with Crippen molar-refractivity contribution < 1.29 is 0 Å². The maximum absolute atomic E-state index is 6.01. The van der Waals surface area contributed by atoms with Crippen LogP contribution in [0.4, 0.5) is 0 Å². The summed E-state index contributed by atoms with van der Waals surface area (Å²) in [5, 5.41) is 3.82. The van der Waals surface area contributed by atoms with Gasteiger partial charge in [-0.05, 0) is 44.3 Å². The number of benzene rings is 1. The van der Waals surface area contributed by atoms with Gasteiger partial charge in [0, 0.05) is 16.1 Å². The first-order valence-electron chi connectivity index (χ1n) is 5.88. The Labute approximate surface area is 124 Å². The van der Waals surface area contributed by atoms with Gasteiger partial charge in [0.25, 0.3) is 0 Å². The molecule has 0 spiro atoms. The zero-order valence-electron chi connectivity index (χ0n) is 10.5. The van der Waals surface area contributed by atoms with Crippen molar-refractivity contribution in [3.63, 3.8) is 0 Å². The molecule has 1 unspecified atom stereocenters. The lowest BCUT2D eigenvalue weighted by molar-refractivity contribution is 0.643. The van der Waals surface area contributed by atoms with Crippen LogP contribution in [0.2, 0.25) is 5.02 Å². The molecule has 0 saturated heterocycles. The molecule has 0 fully saturated rings. The maximum atomic E-state index is 6.01. The summed E-state index contributed by atoms with van der Waals surface area (Å²) < 4.78 is 2.77. The Morgan fingerprint density at radius 3 is 2.95 bits per heavy atom. The highest BCUT2D eigenvalue weighted by molar-refractivity contribution is 7.71. The number of hydrogen-bond acceptors (Lipinski definition) is 3. The predicted octanol–water partition coefficient (Wildman–Crippen LogP) is 4.73. The summed E-state index contributed by atoms with van der Waals surface area (Å²) in [6.07, 6.45) is 0. The molecule has 0 amide bonds. The zero-order valence-corrected chi connectivity index (χ0v) is 12.9. The van der Waals surface area contributed by atoms with E-state index in [4.69, 9.17) is 23.8 Å². The third-order valence-corrected chi connectivity index (χ3v) is 4.73. The minimum Gasteiger partial charge on any atom is -0.331 e. The highest BCUT2D eigenvalue weighted by atomic mass is 35.5. The molecule has 0 aliphatic carbocycles. The Morgan fingerprint density at radius 1 is 1.47 bits per heavy atom. The highest BCUT2D eigenvalue weighted by Crippen LogP contribution is 2.27. The minimum atomic E-state index is 0.112. The molecule has 6 heteroatoms. The first kappa shape index (κ1) is 12.8. The molecule has 0 bridgehead atoms. The lowest BCUT2D eigenvalue weighted by Crippen LogP contribution is -2.06. The smallest absolute Gasteiger partial charge is 0.178 e. The number of rotatable bonds is 2. The molecule has 1 aromatic carbocycles.